The van der Waals surface area contributed by atoms with Crippen molar-refractivity contribution in [2.45, 2.75) is 40.2 Å². The zero-order valence-corrected chi connectivity index (χ0v) is 15.6. The van der Waals surface area contributed by atoms with Gasteiger partial charge in [0.15, 0.2) is 6.10 Å². The van der Waals surface area contributed by atoms with E-state index in [4.69, 9.17) is 9.47 Å². The molecule has 138 valence electrons. The normalized spacial score (nSPS) is 15.7. The molecule has 1 aliphatic heterocycles. The van der Waals surface area contributed by atoms with Crippen LogP contribution >= 0.6 is 0 Å². The summed E-state index contributed by atoms with van der Waals surface area (Å²) in [6.45, 7) is 10.1. The molecular formula is C19H28N2O4. The second-order valence-electron chi connectivity index (χ2n) is 6.29. The van der Waals surface area contributed by atoms with Crippen LogP contribution in [0.15, 0.2) is 18.2 Å². The van der Waals surface area contributed by atoms with Crippen molar-refractivity contribution in [3.8, 4) is 5.75 Å². The summed E-state index contributed by atoms with van der Waals surface area (Å²) in [5, 5.41) is 0. The highest BCUT2D eigenvalue weighted by molar-refractivity contribution is 5.81. The number of hydrogen-bond donors (Lipinski definition) is 0. The van der Waals surface area contributed by atoms with Gasteiger partial charge in [-0.25, -0.2) is 4.79 Å². The Hall–Kier alpha value is -2.24. The van der Waals surface area contributed by atoms with Gasteiger partial charge < -0.3 is 19.3 Å². The Morgan fingerprint density at radius 3 is 2.32 bits per heavy atom. The number of aryl methyl sites for hydroxylation is 2. The van der Waals surface area contributed by atoms with E-state index >= 15 is 0 Å². The zero-order chi connectivity index (χ0) is 18.4. The summed E-state index contributed by atoms with van der Waals surface area (Å²) in [6.07, 6.45) is -0.215. The van der Waals surface area contributed by atoms with Crippen LogP contribution in [0.25, 0.3) is 0 Å². The van der Waals surface area contributed by atoms with Crippen molar-refractivity contribution in [2.75, 3.05) is 32.8 Å². The first kappa shape index (κ1) is 19.1. The van der Waals surface area contributed by atoms with E-state index < -0.39 is 6.10 Å². The molecule has 1 aromatic rings. The fourth-order valence-corrected chi connectivity index (χ4v) is 2.82. The van der Waals surface area contributed by atoms with E-state index in [0.29, 0.717) is 39.2 Å². The molecule has 6 nitrogen and oxygen atoms in total. The van der Waals surface area contributed by atoms with Gasteiger partial charge in [-0.2, -0.15) is 0 Å². The largest absolute Gasteiger partial charge is 0.480 e. The number of carbonyl (C=O) groups is 2. The molecule has 1 saturated heterocycles. The highest BCUT2D eigenvalue weighted by atomic mass is 16.6. The Bertz CT molecular complexity index is 609. The molecular weight excluding hydrogens is 320 g/mol. The van der Waals surface area contributed by atoms with Crippen LogP contribution in [0.4, 0.5) is 4.79 Å². The Balaban J connectivity index is 1.96. The van der Waals surface area contributed by atoms with E-state index in [9.17, 15) is 9.59 Å². The fourth-order valence-electron chi connectivity index (χ4n) is 2.82. The SMILES string of the molecule is CCOC(=O)N1CCN(C(=O)[C@H](CC)Oc2cc(C)ccc2C)CC1. The van der Waals surface area contributed by atoms with Gasteiger partial charge in [0.25, 0.3) is 5.91 Å². The number of hydrogen-bond acceptors (Lipinski definition) is 4. The van der Waals surface area contributed by atoms with Crippen LogP contribution in [-0.4, -0.2) is 60.7 Å². The Morgan fingerprint density at radius 1 is 1.08 bits per heavy atom. The van der Waals surface area contributed by atoms with Crippen molar-refractivity contribution < 1.29 is 19.1 Å². The smallest absolute Gasteiger partial charge is 0.409 e. The van der Waals surface area contributed by atoms with Crippen molar-refractivity contribution in [1.82, 2.24) is 9.80 Å². The average molecular weight is 348 g/mol. The summed E-state index contributed by atoms with van der Waals surface area (Å²) < 4.78 is 11.0. The lowest BCUT2D eigenvalue weighted by atomic mass is 10.1. The second kappa shape index (κ2) is 8.74. The first-order valence-electron chi connectivity index (χ1n) is 8.90. The minimum absolute atomic E-state index is 0.0214. The highest BCUT2D eigenvalue weighted by Crippen LogP contribution is 2.22. The lowest BCUT2D eigenvalue weighted by molar-refractivity contribution is -0.140. The van der Waals surface area contributed by atoms with Crippen LogP contribution in [0, 0.1) is 13.8 Å². The Kier molecular flexibility index (Phi) is 6.67. The third-order valence-corrected chi connectivity index (χ3v) is 4.38. The summed E-state index contributed by atoms with van der Waals surface area (Å²) in [7, 11) is 0. The van der Waals surface area contributed by atoms with Crippen LogP contribution in [0.5, 0.6) is 5.75 Å². The van der Waals surface area contributed by atoms with Crippen molar-refractivity contribution in [3.05, 3.63) is 29.3 Å². The highest BCUT2D eigenvalue weighted by Gasteiger charge is 2.29. The topological polar surface area (TPSA) is 59.1 Å². The predicted octanol–water partition coefficient (Wildman–Crippen LogP) is 2.76. The van der Waals surface area contributed by atoms with Crippen molar-refractivity contribution in [1.29, 1.82) is 0 Å². The number of benzene rings is 1. The van der Waals surface area contributed by atoms with Gasteiger partial charge in [0, 0.05) is 26.2 Å². The second-order valence-corrected chi connectivity index (χ2v) is 6.29. The molecule has 25 heavy (non-hydrogen) atoms. The van der Waals surface area contributed by atoms with E-state index in [1.807, 2.05) is 39.0 Å². The van der Waals surface area contributed by atoms with Crippen molar-refractivity contribution >= 4 is 12.0 Å². The molecule has 1 atom stereocenters. The van der Waals surface area contributed by atoms with Gasteiger partial charge >= 0.3 is 6.09 Å². The van der Waals surface area contributed by atoms with Crippen LogP contribution in [-0.2, 0) is 9.53 Å². The summed E-state index contributed by atoms with van der Waals surface area (Å²) >= 11 is 0. The number of carbonyl (C=O) groups excluding carboxylic acids is 2. The van der Waals surface area contributed by atoms with Crippen LogP contribution in [0.2, 0.25) is 0 Å². The molecule has 2 amide bonds. The van der Waals surface area contributed by atoms with Gasteiger partial charge in [0.2, 0.25) is 0 Å². The molecule has 1 heterocycles. The third-order valence-electron chi connectivity index (χ3n) is 4.38. The molecule has 1 fully saturated rings. The maximum Gasteiger partial charge on any atom is 0.409 e. The monoisotopic (exact) mass is 348 g/mol. The van der Waals surface area contributed by atoms with Gasteiger partial charge in [0.05, 0.1) is 6.61 Å². The van der Waals surface area contributed by atoms with Gasteiger partial charge in [0.1, 0.15) is 5.75 Å². The zero-order valence-electron chi connectivity index (χ0n) is 15.6. The summed E-state index contributed by atoms with van der Waals surface area (Å²) in [6, 6.07) is 5.99. The lowest BCUT2D eigenvalue weighted by Crippen LogP contribution is -2.53. The number of ether oxygens (including phenoxy) is 2. The number of amides is 2. The molecule has 0 saturated carbocycles. The molecule has 2 rings (SSSR count). The van der Waals surface area contributed by atoms with Gasteiger partial charge in [-0.05, 0) is 44.4 Å². The van der Waals surface area contributed by atoms with Crippen LogP contribution in [0.3, 0.4) is 0 Å². The number of rotatable bonds is 5. The first-order chi connectivity index (χ1) is 12.0. The quantitative estimate of drug-likeness (QED) is 0.821. The van der Waals surface area contributed by atoms with Crippen LogP contribution < -0.4 is 4.74 Å². The summed E-state index contributed by atoms with van der Waals surface area (Å²) in [4.78, 5) is 28.0. The Labute approximate surface area is 149 Å². The molecule has 0 bridgehead atoms. The first-order valence-corrected chi connectivity index (χ1v) is 8.90. The standard InChI is InChI=1S/C19H28N2O4/c1-5-16(25-17-13-14(3)7-8-15(17)4)18(22)20-9-11-21(12-10-20)19(23)24-6-2/h7-8,13,16H,5-6,9-12H2,1-4H3/t16-/m0/s1. The molecule has 0 spiro atoms. The van der Waals surface area contributed by atoms with E-state index in [0.717, 1.165) is 16.9 Å². The molecule has 0 aromatic heterocycles. The van der Waals surface area contributed by atoms with E-state index in [2.05, 4.69) is 0 Å². The van der Waals surface area contributed by atoms with E-state index in [-0.39, 0.29) is 12.0 Å². The van der Waals surface area contributed by atoms with E-state index in [1.165, 1.54) is 0 Å². The molecule has 1 aromatic carbocycles. The number of nitrogens with zero attached hydrogens (tertiary/aromatic N) is 2. The molecule has 1 aliphatic rings. The van der Waals surface area contributed by atoms with Crippen molar-refractivity contribution in [2.24, 2.45) is 0 Å². The van der Waals surface area contributed by atoms with Gasteiger partial charge in [-0.15, -0.1) is 0 Å². The summed E-state index contributed by atoms with van der Waals surface area (Å²) in [5.41, 5.74) is 2.12. The van der Waals surface area contributed by atoms with Crippen molar-refractivity contribution in [3.63, 3.8) is 0 Å². The summed E-state index contributed by atoms with van der Waals surface area (Å²) in [5.74, 6) is 0.734. The molecule has 0 unspecified atom stereocenters. The number of piperazine rings is 1. The van der Waals surface area contributed by atoms with Gasteiger partial charge in [-0.1, -0.05) is 19.1 Å². The third kappa shape index (κ3) is 4.87. The molecule has 0 N–H and O–H groups in total. The average Bonchev–Trinajstić information content (AvgIpc) is 2.62. The van der Waals surface area contributed by atoms with Crippen LogP contribution in [0.1, 0.15) is 31.4 Å². The fraction of sp³-hybridized carbons (Fsp3) is 0.579. The minimum atomic E-state index is -0.505. The predicted molar refractivity (Wildman–Crippen MR) is 95.8 cm³/mol. The molecule has 0 radical (unpaired) electrons. The Morgan fingerprint density at radius 2 is 1.72 bits per heavy atom. The minimum Gasteiger partial charge on any atom is -0.480 e. The van der Waals surface area contributed by atoms with Gasteiger partial charge in [-0.3, -0.25) is 4.79 Å². The molecule has 0 aliphatic carbocycles. The maximum absolute atomic E-state index is 12.8. The van der Waals surface area contributed by atoms with E-state index in [1.54, 1.807) is 16.7 Å². The lowest BCUT2D eigenvalue weighted by Gasteiger charge is -2.35. The maximum atomic E-state index is 12.8. The molecule has 6 heteroatoms.